The molecule has 202 valence electrons. The first-order valence-electron chi connectivity index (χ1n) is 12.7. The average molecular weight is 551 g/mol. The highest BCUT2D eigenvalue weighted by molar-refractivity contribution is 6.31. The molecule has 1 aromatic heterocycles. The van der Waals surface area contributed by atoms with Crippen LogP contribution in [0.1, 0.15) is 30.1 Å². The number of halogens is 2. The van der Waals surface area contributed by atoms with Gasteiger partial charge in [-0.2, -0.15) is 0 Å². The minimum atomic E-state index is -0.497. The lowest BCUT2D eigenvalue weighted by Crippen LogP contribution is -2.26. The molecule has 0 unspecified atom stereocenters. The molecule has 0 spiro atoms. The van der Waals surface area contributed by atoms with Gasteiger partial charge in [0.2, 0.25) is 0 Å². The summed E-state index contributed by atoms with van der Waals surface area (Å²) in [5.41, 5.74) is 2.62. The monoisotopic (exact) mass is 550 g/mol. The molecule has 8 nitrogen and oxygen atoms in total. The topological polar surface area (TPSA) is 94.6 Å². The lowest BCUT2D eigenvalue weighted by molar-refractivity contribution is 0.0244. The number of para-hydroxylation sites is 1. The minimum absolute atomic E-state index is 0.00676. The molecule has 0 amide bonds. The first-order valence-corrected chi connectivity index (χ1v) is 13.1. The van der Waals surface area contributed by atoms with Gasteiger partial charge in [0.1, 0.15) is 30.7 Å². The smallest absolute Gasteiger partial charge is 0.163 e. The van der Waals surface area contributed by atoms with E-state index in [-0.39, 0.29) is 16.9 Å². The highest BCUT2D eigenvalue weighted by Gasteiger charge is 2.20. The molecule has 39 heavy (non-hydrogen) atoms. The van der Waals surface area contributed by atoms with Crippen molar-refractivity contribution in [1.82, 2.24) is 9.97 Å². The van der Waals surface area contributed by atoms with Crippen LogP contribution >= 0.6 is 11.6 Å². The van der Waals surface area contributed by atoms with Crippen LogP contribution in [0.3, 0.4) is 0 Å². The Kier molecular flexibility index (Phi) is 8.39. The van der Waals surface area contributed by atoms with Gasteiger partial charge in [-0.1, -0.05) is 23.7 Å². The fraction of sp³-hybridized carbons (Fsp3) is 0.276. The van der Waals surface area contributed by atoms with E-state index in [1.54, 1.807) is 19.1 Å². The molecule has 1 aliphatic rings. The summed E-state index contributed by atoms with van der Waals surface area (Å²) >= 11 is 5.96. The molecule has 0 saturated carbocycles. The lowest BCUT2D eigenvalue weighted by atomic mass is 10.1. The first-order chi connectivity index (χ1) is 19.0. The summed E-state index contributed by atoms with van der Waals surface area (Å²) in [6.07, 6.45) is 2.96. The third-order valence-corrected chi connectivity index (χ3v) is 6.62. The van der Waals surface area contributed by atoms with Crippen molar-refractivity contribution in [2.24, 2.45) is 0 Å². The Bertz CT molecular complexity index is 1480. The second kappa shape index (κ2) is 12.3. The van der Waals surface area contributed by atoms with Gasteiger partial charge in [0.15, 0.2) is 17.3 Å². The van der Waals surface area contributed by atoms with Crippen molar-refractivity contribution >= 4 is 45.5 Å². The fourth-order valence-corrected chi connectivity index (χ4v) is 4.52. The summed E-state index contributed by atoms with van der Waals surface area (Å²) in [5, 5.41) is 7.19. The van der Waals surface area contributed by atoms with Crippen molar-refractivity contribution < 1.29 is 23.4 Å². The number of benzene rings is 3. The van der Waals surface area contributed by atoms with Crippen LogP contribution in [0.25, 0.3) is 10.9 Å². The molecule has 4 aromatic rings. The van der Waals surface area contributed by atoms with Crippen LogP contribution in [-0.4, -0.2) is 48.2 Å². The van der Waals surface area contributed by atoms with Crippen LogP contribution in [0.2, 0.25) is 5.02 Å². The summed E-state index contributed by atoms with van der Waals surface area (Å²) < 4.78 is 31.7. The summed E-state index contributed by atoms with van der Waals surface area (Å²) in [6.45, 7) is 3.61. The Balaban J connectivity index is 1.39. The molecule has 0 radical (unpaired) electrons. The quantitative estimate of drug-likeness (QED) is 0.173. The number of carbonyl (C=O) groups is 1. The maximum atomic E-state index is 13.6. The molecule has 1 saturated heterocycles. The Hall–Kier alpha value is -3.95. The standard InChI is InChI=1S/C29H28ClFN4O4/c1-18(36)21-4-2-3-5-25(21)32-10-13-38-27-16-26-22(15-28(27)39-20-8-11-37-12-9-20)29(34-17-33-26)35-19-6-7-24(31)23(30)14-19/h2-7,14-17,20,32H,8-13H2,1H3,(H,33,34,35). The highest BCUT2D eigenvalue weighted by atomic mass is 35.5. The SMILES string of the molecule is CC(=O)c1ccccc1NCCOc1cc2ncnc(Nc3ccc(F)c(Cl)c3)c2cc1OC1CCOCC1. The number of anilines is 3. The van der Waals surface area contributed by atoms with Gasteiger partial charge < -0.3 is 24.8 Å². The third-order valence-electron chi connectivity index (χ3n) is 6.33. The Morgan fingerprint density at radius 2 is 1.92 bits per heavy atom. The number of nitrogens with one attached hydrogen (secondary N) is 2. The fourth-order valence-electron chi connectivity index (χ4n) is 4.34. The zero-order valence-electron chi connectivity index (χ0n) is 21.4. The van der Waals surface area contributed by atoms with Crippen LogP contribution in [0, 0.1) is 5.82 Å². The maximum Gasteiger partial charge on any atom is 0.163 e. The van der Waals surface area contributed by atoms with E-state index in [1.165, 1.54) is 18.5 Å². The minimum Gasteiger partial charge on any atom is -0.488 e. The zero-order chi connectivity index (χ0) is 27.2. The molecular formula is C29H28ClFN4O4. The van der Waals surface area contributed by atoms with Crippen molar-refractivity contribution in [2.75, 3.05) is 37.0 Å². The van der Waals surface area contributed by atoms with Gasteiger partial charge in [-0.3, -0.25) is 4.79 Å². The number of nitrogens with zero attached hydrogens (tertiary/aromatic N) is 2. The molecule has 2 N–H and O–H groups in total. The summed E-state index contributed by atoms with van der Waals surface area (Å²) in [6, 6.07) is 15.4. The number of Topliss-reactive ketones (excluding diaryl/α,β-unsaturated/α-hetero) is 1. The molecule has 0 aliphatic carbocycles. The van der Waals surface area contributed by atoms with Gasteiger partial charge in [0.05, 0.1) is 23.8 Å². The Labute approximate surface area is 230 Å². The lowest BCUT2D eigenvalue weighted by Gasteiger charge is -2.25. The van der Waals surface area contributed by atoms with Crippen LogP contribution < -0.4 is 20.1 Å². The molecular weight excluding hydrogens is 523 g/mol. The van der Waals surface area contributed by atoms with Gasteiger partial charge in [-0.05, 0) is 43.3 Å². The van der Waals surface area contributed by atoms with Gasteiger partial charge in [-0.15, -0.1) is 0 Å². The van der Waals surface area contributed by atoms with Crippen molar-refractivity contribution in [3.05, 3.63) is 77.3 Å². The predicted octanol–water partition coefficient (Wildman–Crippen LogP) is 6.42. The largest absolute Gasteiger partial charge is 0.488 e. The Morgan fingerprint density at radius 3 is 2.72 bits per heavy atom. The second-order valence-electron chi connectivity index (χ2n) is 9.10. The van der Waals surface area contributed by atoms with Crippen LogP contribution in [0.5, 0.6) is 11.5 Å². The molecule has 1 fully saturated rings. The summed E-state index contributed by atoms with van der Waals surface area (Å²) in [7, 11) is 0. The van der Waals surface area contributed by atoms with Crippen LogP contribution in [0.4, 0.5) is 21.6 Å². The van der Waals surface area contributed by atoms with E-state index < -0.39 is 5.82 Å². The molecule has 1 aliphatic heterocycles. The van der Waals surface area contributed by atoms with E-state index in [0.717, 1.165) is 18.5 Å². The van der Waals surface area contributed by atoms with E-state index in [1.807, 2.05) is 30.3 Å². The molecule has 0 bridgehead atoms. The van der Waals surface area contributed by atoms with Gasteiger partial charge in [-0.25, -0.2) is 14.4 Å². The van der Waals surface area contributed by atoms with Gasteiger partial charge in [0.25, 0.3) is 0 Å². The molecule has 3 aromatic carbocycles. The summed E-state index contributed by atoms with van der Waals surface area (Å²) in [4.78, 5) is 20.7. The number of rotatable bonds is 10. The first kappa shape index (κ1) is 26.6. The Morgan fingerprint density at radius 1 is 1.10 bits per heavy atom. The average Bonchev–Trinajstić information content (AvgIpc) is 2.94. The molecule has 2 heterocycles. The number of ether oxygens (including phenoxy) is 3. The molecule has 10 heteroatoms. The van der Waals surface area contributed by atoms with E-state index in [2.05, 4.69) is 20.6 Å². The molecule has 5 rings (SSSR count). The van der Waals surface area contributed by atoms with Crippen molar-refractivity contribution in [3.8, 4) is 11.5 Å². The number of aromatic nitrogens is 2. The van der Waals surface area contributed by atoms with E-state index in [0.29, 0.717) is 65.8 Å². The van der Waals surface area contributed by atoms with Gasteiger partial charge >= 0.3 is 0 Å². The van der Waals surface area contributed by atoms with Gasteiger partial charge in [0, 0.05) is 47.8 Å². The van der Waals surface area contributed by atoms with Crippen LogP contribution in [0.15, 0.2) is 60.9 Å². The van der Waals surface area contributed by atoms with E-state index in [9.17, 15) is 9.18 Å². The predicted molar refractivity (Wildman–Crippen MR) is 149 cm³/mol. The number of hydrogen-bond acceptors (Lipinski definition) is 8. The van der Waals surface area contributed by atoms with E-state index in [4.69, 9.17) is 25.8 Å². The highest BCUT2D eigenvalue weighted by Crippen LogP contribution is 2.36. The second-order valence-corrected chi connectivity index (χ2v) is 9.51. The number of hydrogen-bond donors (Lipinski definition) is 2. The van der Waals surface area contributed by atoms with Crippen molar-refractivity contribution in [2.45, 2.75) is 25.9 Å². The zero-order valence-corrected chi connectivity index (χ0v) is 22.1. The van der Waals surface area contributed by atoms with E-state index >= 15 is 0 Å². The maximum absolute atomic E-state index is 13.6. The number of fused-ring (bicyclic) bond motifs is 1. The number of carbonyl (C=O) groups excluding carboxylic acids is 1. The molecule has 0 atom stereocenters. The third kappa shape index (κ3) is 6.55. The number of ketones is 1. The van der Waals surface area contributed by atoms with Crippen molar-refractivity contribution in [1.29, 1.82) is 0 Å². The summed E-state index contributed by atoms with van der Waals surface area (Å²) in [5.74, 6) is 1.13. The van der Waals surface area contributed by atoms with Crippen LogP contribution in [-0.2, 0) is 4.74 Å². The van der Waals surface area contributed by atoms with Crippen molar-refractivity contribution in [3.63, 3.8) is 0 Å². The normalized spacial score (nSPS) is 13.7.